The molecule has 1 amide bonds. The van der Waals surface area contributed by atoms with Gasteiger partial charge in [0.25, 0.3) is 0 Å². The molecule has 118 valence electrons. The highest BCUT2D eigenvalue weighted by Gasteiger charge is 2.27. The lowest BCUT2D eigenvalue weighted by Gasteiger charge is -2.19. The Morgan fingerprint density at radius 3 is 2.64 bits per heavy atom. The molecule has 1 aliphatic rings. The minimum atomic E-state index is -2.68. The van der Waals surface area contributed by atoms with E-state index < -0.39 is 11.8 Å². The Hall–Kier alpha value is -1.63. The summed E-state index contributed by atoms with van der Waals surface area (Å²) in [4.78, 5) is 18.4. The van der Waals surface area contributed by atoms with Crippen molar-refractivity contribution in [3.05, 3.63) is 24.3 Å². The van der Waals surface area contributed by atoms with Gasteiger partial charge in [0.1, 0.15) is 0 Å². The van der Waals surface area contributed by atoms with E-state index in [-0.39, 0.29) is 11.1 Å². The summed E-state index contributed by atoms with van der Waals surface area (Å²) < 4.78 is 27.6. The van der Waals surface area contributed by atoms with Crippen molar-refractivity contribution >= 4 is 28.7 Å². The molecule has 1 unspecified atom stereocenters. The molecule has 22 heavy (non-hydrogen) atoms. The summed E-state index contributed by atoms with van der Waals surface area (Å²) in [5.41, 5.74) is 0.909. The van der Waals surface area contributed by atoms with Gasteiger partial charge in [-0.25, -0.2) is 4.98 Å². The number of para-hydroxylation sites is 2. The lowest BCUT2D eigenvalue weighted by molar-refractivity contribution is -0.129. The number of nitrogens with zero attached hydrogens (tertiary/aromatic N) is 3. The van der Waals surface area contributed by atoms with E-state index in [4.69, 9.17) is 0 Å². The minimum Gasteiger partial charge on any atom is -0.342 e. The first-order valence-corrected chi connectivity index (χ1v) is 8.16. The lowest BCUT2D eigenvalue weighted by atomic mass is 10.3. The number of thioether (sulfide) groups is 1. The summed E-state index contributed by atoms with van der Waals surface area (Å²) >= 11 is 1.10. The molecule has 2 heterocycles. The minimum absolute atomic E-state index is 0.00428. The van der Waals surface area contributed by atoms with Gasteiger partial charge in [-0.2, -0.15) is 8.78 Å². The molecule has 3 rings (SSSR count). The number of amides is 1. The molecule has 1 aliphatic heterocycles. The molecule has 7 heteroatoms. The molecule has 1 fully saturated rings. The normalized spacial score (nSPS) is 16.6. The number of hydrogen-bond acceptors (Lipinski definition) is 3. The maximum absolute atomic E-state index is 13.4. The van der Waals surface area contributed by atoms with Crippen molar-refractivity contribution in [2.45, 2.75) is 36.7 Å². The second-order valence-electron chi connectivity index (χ2n) is 5.32. The van der Waals surface area contributed by atoms with Crippen LogP contribution in [0.15, 0.2) is 29.4 Å². The van der Waals surface area contributed by atoms with Crippen LogP contribution in [0.5, 0.6) is 0 Å². The predicted molar refractivity (Wildman–Crippen MR) is 82.1 cm³/mol. The average Bonchev–Trinajstić information content (AvgIpc) is 3.13. The van der Waals surface area contributed by atoms with Crippen LogP contribution in [-0.4, -0.2) is 38.7 Å². The van der Waals surface area contributed by atoms with Crippen LogP contribution >= 0.6 is 11.8 Å². The van der Waals surface area contributed by atoms with Crippen molar-refractivity contribution in [3.63, 3.8) is 0 Å². The van der Waals surface area contributed by atoms with Crippen LogP contribution in [0.25, 0.3) is 11.0 Å². The zero-order valence-corrected chi connectivity index (χ0v) is 13.0. The van der Waals surface area contributed by atoms with Crippen LogP contribution in [0.3, 0.4) is 0 Å². The number of imidazole rings is 1. The van der Waals surface area contributed by atoms with Crippen molar-refractivity contribution < 1.29 is 13.6 Å². The number of hydrogen-bond donors (Lipinski definition) is 0. The van der Waals surface area contributed by atoms with Crippen LogP contribution in [0.2, 0.25) is 0 Å². The quantitative estimate of drug-likeness (QED) is 0.807. The fourth-order valence-corrected chi connectivity index (χ4v) is 3.71. The second kappa shape index (κ2) is 6.24. The molecule has 1 saturated heterocycles. The highest BCUT2D eigenvalue weighted by atomic mass is 32.2. The van der Waals surface area contributed by atoms with Gasteiger partial charge in [0.15, 0.2) is 5.16 Å². The van der Waals surface area contributed by atoms with Gasteiger partial charge in [0, 0.05) is 13.1 Å². The van der Waals surface area contributed by atoms with E-state index in [1.54, 1.807) is 36.1 Å². The van der Waals surface area contributed by atoms with E-state index in [0.717, 1.165) is 42.3 Å². The summed E-state index contributed by atoms with van der Waals surface area (Å²) in [5, 5.41) is -0.233. The number of carbonyl (C=O) groups is 1. The molecule has 0 N–H and O–H groups in total. The van der Waals surface area contributed by atoms with Crippen molar-refractivity contribution in [1.82, 2.24) is 14.5 Å². The Kier molecular flexibility index (Phi) is 4.33. The third-order valence-corrected chi connectivity index (χ3v) is 4.86. The molecule has 2 aromatic rings. The standard InChI is InChI=1S/C15H17F2N3OS/c1-10(13(21)19-8-4-5-9-19)22-15-18-11-6-2-3-7-12(11)20(15)14(16)17/h2-3,6-7,10,14H,4-5,8-9H2,1H3. The third kappa shape index (κ3) is 2.82. The number of halogens is 2. The number of benzene rings is 1. The van der Waals surface area contributed by atoms with Gasteiger partial charge in [-0.3, -0.25) is 9.36 Å². The van der Waals surface area contributed by atoms with E-state index in [2.05, 4.69) is 4.98 Å². The Morgan fingerprint density at radius 1 is 1.27 bits per heavy atom. The van der Waals surface area contributed by atoms with Crippen molar-refractivity contribution in [2.24, 2.45) is 0 Å². The van der Waals surface area contributed by atoms with Crippen LogP contribution in [0.1, 0.15) is 26.3 Å². The second-order valence-corrected chi connectivity index (χ2v) is 6.63. The number of likely N-dealkylation sites (tertiary alicyclic amines) is 1. The molecule has 1 aromatic carbocycles. The zero-order chi connectivity index (χ0) is 15.7. The number of fused-ring (bicyclic) bond motifs is 1. The molecule has 0 spiro atoms. The maximum Gasteiger partial charge on any atom is 0.321 e. The van der Waals surface area contributed by atoms with E-state index in [9.17, 15) is 13.6 Å². The molecule has 4 nitrogen and oxygen atoms in total. The molecule has 0 saturated carbocycles. The molecule has 0 aliphatic carbocycles. The average molecular weight is 325 g/mol. The van der Waals surface area contributed by atoms with Crippen LogP contribution in [0.4, 0.5) is 8.78 Å². The highest BCUT2D eigenvalue weighted by molar-refractivity contribution is 8.00. The van der Waals surface area contributed by atoms with Gasteiger partial charge in [0.05, 0.1) is 16.3 Å². The van der Waals surface area contributed by atoms with Gasteiger partial charge >= 0.3 is 6.55 Å². The summed E-state index contributed by atoms with van der Waals surface area (Å²) in [5.74, 6) is -0.00428. The van der Waals surface area contributed by atoms with E-state index in [1.807, 2.05) is 0 Å². The molecular weight excluding hydrogens is 308 g/mol. The van der Waals surface area contributed by atoms with Gasteiger partial charge in [0.2, 0.25) is 5.91 Å². The number of aromatic nitrogens is 2. The van der Waals surface area contributed by atoms with Gasteiger partial charge in [-0.05, 0) is 31.9 Å². The number of carbonyl (C=O) groups excluding carboxylic acids is 1. The highest BCUT2D eigenvalue weighted by Crippen LogP contribution is 2.32. The maximum atomic E-state index is 13.4. The zero-order valence-electron chi connectivity index (χ0n) is 12.2. The molecule has 0 radical (unpaired) electrons. The van der Waals surface area contributed by atoms with Crippen molar-refractivity contribution in [2.75, 3.05) is 13.1 Å². The smallest absolute Gasteiger partial charge is 0.321 e. The van der Waals surface area contributed by atoms with E-state index >= 15 is 0 Å². The Morgan fingerprint density at radius 2 is 1.95 bits per heavy atom. The van der Waals surface area contributed by atoms with E-state index in [0.29, 0.717) is 11.0 Å². The Balaban J connectivity index is 1.86. The first-order chi connectivity index (χ1) is 10.6. The molecule has 1 atom stereocenters. The monoisotopic (exact) mass is 325 g/mol. The SMILES string of the molecule is CC(Sc1nc2ccccc2n1C(F)F)C(=O)N1CCCC1. The fourth-order valence-electron chi connectivity index (χ4n) is 2.70. The predicted octanol–water partition coefficient (Wildman–Crippen LogP) is 3.53. The Labute approximate surface area is 131 Å². The van der Waals surface area contributed by atoms with E-state index in [1.165, 1.54) is 0 Å². The summed E-state index contributed by atoms with van der Waals surface area (Å²) in [6, 6.07) is 6.78. The van der Waals surface area contributed by atoms with Crippen molar-refractivity contribution in [1.29, 1.82) is 0 Å². The summed E-state index contributed by atoms with van der Waals surface area (Å²) in [6.07, 6.45) is 2.03. The Bertz CT molecular complexity index is 682. The first kappa shape index (κ1) is 15.3. The topological polar surface area (TPSA) is 38.1 Å². The van der Waals surface area contributed by atoms with Crippen LogP contribution in [0, 0.1) is 0 Å². The lowest BCUT2D eigenvalue weighted by Crippen LogP contribution is -2.34. The van der Waals surface area contributed by atoms with Gasteiger partial charge in [-0.1, -0.05) is 23.9 Å². The molecule has 1 aromatic heterocycles. The van der Waals surface area contributed by atoms with Crippen molar-refractivity contribution in [3.8, 4) is 0 Å². The third-order valence-electron chi connectivity index (χ3n) is 3.81. The number of rotatable bonds is 4. The summed E-state index contributed by atoms with van der Waals surface area (Å²) in [7, 11) is 0. The fraction of sp³-hybridized carbons (Fsp3) is 0.467. The van der Waals surface area contributed by atoms with Gasteiger partial charge < -0.3 is 4.90 Å². The largest absolute Gasteiger partial charge is 0.342 e. The molecular formula is C15H17F2N3OS. The first-order valence-electron chi connectivity index (χ1n) is 7.28. The van der Waals surface area contributed by atoms with Gasteiger partial charge in [-0.15, -0.1) is 0 Å². The molecule has 0 bridgehead atoms. The summed E-state index contributed by atoms with van der Waals surface area (Å²) in [6.45, 7) is 0.591. The van der Waals surface area contributed by atoms with Crippen LogP contribution in [-0.2, 0) is 4.79 Å². The van der Waals surface area contributed by atoms with Crippen LogP contribution < -0.4 is 0 Å². The number of alkyl halides is 2.